The van der Waals surface area contributed by atoms with Gasteiger partial charge in [0.1, 0.15) is 10.3 Å². The fourth-order valence-electron chi connectivity index (χ4n) is 6.04. The number of pyridine rings is 1. The van der Waals surface area contributed by atoms with Crippen LogP contribution >= 0.6 is 23.2 Å². The minimum absolute atomic E-state index is 0.00225. The molecule has 2 saturated carbocycles. The lowest BCUT2D eigenvalue weighted by molar-refractivity contribution is 0.0861. The van der Waals surface area contributed by atoms with Gasteiger partial charge >= 0.3 is 6.03 Å². The Hall–Kier alpha value is -2.37. The van der Waals surface area contributed by atoms with Crippen LogP contribution in [-0.2, 0) is 5.41 Å². The first-order chi connectivity index (χ1) is 17.7. The molecule has 1 aromatic carbocycles. The maximum Gasteiger partial charge on any atom is 0.322 e. The summed E-state index contributed by atoms with van der Waals surface area (Å²) in [5.41, 5.74) is 2.57. The van der Waals surface area contributed by atoms with Crippen LogP contribution < -0.4 is 5.32 Å². The van der Waals surface area contributed by atoms with Crippen molar-refractivity contribution in [1.29, 1.82) is 5.26 Å². The van der Waals surface area contributed by atoms with Crippen molar-refractivity contribution < 1.29 is 9.90 Å². The molecule has 2 amide bonds. The Labute approximate surface area is 229 Å². The molecule has 1 unspecified atom stereocenters. The topological polar surface area (TPSA) is 92.5 Å². The number of carbonyl (C=O) groups excluding carboxylic acids is 1. The summed E-state index contributed by atoms with van der Waals surface area (Å²) in [6.07, 6.45) is 3.87. The molecule has 2 aromatic rings. The average Bonchev–Trinajstić information content (AvgIpc) is 3.60. The van der Waals surface area contributed by atoms with Gasteiger partial charge in [-0.15, -0.1) is 0 Å². The molecule has 7 nitrogen and oxygen atoms in total. The molecule has 2 fully saturated rings. The van der Waals surface area contributed by atoms with Crippen LogP contribution in [0.3, 0.4) is 0 Å². The minimum Gasteiger partial charge on any atom is -0.395 e. The lowest BCUT2D eigenvalue weighted by Crippen LogP contribution is -2.51. The Balaban J connectivity index is 1.52. The highest BCUT2D eigenvalue weighted by Crippen LogP contribution is 2.62. The summed E-state index contributed by atoms with van der Waals surface area (Å²) in [6.45, 7) is 7.46. The summed E-state index contributed by atoms with van der Waals surface area (Å²) in [5, 5.41) is 22.5. The van der Waals surface area contributed by atoms with Crippen molar-refractivity contribution in [3.05, 3.63) is 57.8 Å². The van der Waals surface area contributed by atoms with Crippen molar-refractivity contribution in [3.63, 3.8) is 0 Å². The minimum atomic E-state index is -0.191. The van der Waals surface area contributed by atoms with Gasteiger partial charge in [-0.1, -0.05) is 35.3 Å². The van der Waals surface area contributed by atoms with Crippen molar-refractivity contribution in [2.24, 2.45) is 5.92 Å². The number of benzene rings is 1. The Morgan fingerprint density at radius 1 is 1.24 bits per heavy atom. The summed E-state index contributed by atoms with van der Waals surface area (Å²) in [6, 6.07) is 13.6. The SMILES string of the molecule is CC(C)N(CCN(C(=O)Nc1cc(Cl)nc(Cl)c1)[C@@H]1CC[C@]2(c3cccc(C#N)c3)CC2C1)[C@@H](C)CO. The highest BCUT2D eigenvalue weighted by atomic mass is 35.5. The smallest absolute Gasteiger partial charge is 0.322 e. The number of nitriles is 1. The second-order valence-electron chi connectivity index (χ2n) is 10.7. The van der Waals surface area contributed by atoms with E-state index in [1.807, 2.05) is 30.0 Å². The Kier molecular flexibility index (Phi) is 8.65. The van der Waals surface area contributed by atoms with Gasteiger partial charge in [0.15, 0.2) is 0 Å². The number of urea groups is 1. The molecule has 4 atom stereocenters. The van der Waals surface area contributed by atoms with E-state index < -0.39 is 0 Å². The van der Waals surface area contributed by atoms with Crippen LogP contribution in [0.4, 0.5) is 10.5 Å². The third kappa shape index (κ3) is 6.21. The van der Waals surface area contributed by atoms with E-state index in [1.54, 1.807) is 12.1 Å². The zero-order chi connectivity index (χ0) is 26.7. The van der Waals surface area contributed by atoms with E-state index in [9.17, 15) is 15.2 Å². The van der Waals surface area contributed by atoms with Gasteiger partial charge in [0.25, 0.3) is 0 Å². The van der Waals surface area contributed by atoms with Gasteiger partial charge in [-0.3, -0.25) is 4.90 Å². The van der Waals surface area contributed by atoms with E-state index in [-0.39, 0.29) is 46.5 Å². The van der Waals surface area contributed by atoms with Crippen LogP contribution in [0.2, 0.25) is 10.3 Å². The molecule has 0 radical (unpaired) electrons. The number of hydrogen-bond donors (Lipinski definition) is 2. The number of aromatic nitrogens is 1. The van der Waals surface area contributed by atoms with E-state index >= 15 is 0 Å². The Morgan fingerprint density at radius 2 is 1.97 bits per heavy atom. The van der Waals surface area contributed by atoms with Gasteiger partial charge in [-0.25, -0.2) is 9.78 Å². The van der Waals surface area contributed by atoms with Crippen LogP contribution in [0.1, 0.15) is 57.6 Å². The zero-order valence-corrected chi connectivity index (χ0v) is 23.1. The number of amides is 2. The zero-order valence-electron chi connectivity index (χ0n) is 21.6. The summed E-state index contributed by atoms with van der Waals surface area (Å²) in [5.74, 6) is 0.484. The predicted molar refractivity (Wildman–Crippen MR) is 147 cm³/mol. The van der Waals surface area contributed by atoms with Crippen LogP contribution in [-0.4, -0.2) is 63.7 Å². The number of hydrogen-bond acceptors (Lipinski definition) is 5. The van der Waals surface area contributed by atoms with Crippen molar-refractivity contribution in [2.45, 2.75) is 70.0 Å². The first-order valence-corrected chi connectivity index (χ1v) is 13.7. The lowest BCUT2D eigenvalue weighted by Gasteiger charge is -2.39. The van der Waals surface area contributed by atoms with Gasteiger partial charge in [0.05, 0.1) is 18.2 Å². The van der Waals surface area contributed by atoms with Crippen molar-refractivity contribution in [1.82, 2.24) is 14.8 Å². The fraction of sp³-hybridized carbons (Fsp3) is 0.536. The molecule has 9 heteroatoms. The van der Waals surface area contributed by atoms with Crippen LogP contribution in [0, 0.1) is 17.2 Å². The molecule has 2 aliphatic rings. The van der Waals surface area contributed by atoms with Gasteiger partial charge in [-0.2, -0.15) is 5.26 Å². The van der Waals surface area contributed by atoms with Gasteiger partial charge < -0.3 is 15.3 Å². The molecular formula is C28H35Cl2N5O2. The molecule has 2 aliphatic carbocycles. The standard InChI is InChI=1S/C28H35Cl2N5O2/c1-18(2)34(19(3)17-36)9-10-35(27(37)32-23-13-25(29)33-26(30)14-23)24-7-8-28(15-22(28)12-24)21-6-4-5-20(11-21)16-31/h4-6,11,13-14,18-19,22,24,36H,7-10,12,15,17H2,1-3H3,(H,32,33,37)/t19-,22?,24+,28+/m0/s1. The third-order valence-electron chi connectivity index (χ3n) is 8.09. The van der Waals surface area contributed by atoms with Crippen molar-refractivity contribution >= 4 is 34.9 Å². The van der Waals surface area contributed by atoms with Gasteiger partial charge in [0, 0.05) is 36.9 Å². The number of fused-ring (bicyclic) bond motifs is 1. The molecule has 4 rings (SSSR count). The van der Waals surface area contributed by atoms with Crippen molar-refractivity contribution in [2.75, 3.05) is 25.0 Å². The first-order valence-electron chi connectivity index (χ1n) is 12.9. The molecule has 0 spiro atoms. The van der Waals surface area contributed by atoms with E-state index in [0.29, 0.717) is 30.3 Å². The summed E-state index contributed by atoms with van der Waals surface area (Å²) in [4.78, 5) is 21.7. The first kappa shape index (κ1) is 27.7. The van der Waals surface area contributed by atoms with Crippen LogP contribution in [0.25, 0.3) is 0 Å². The van der Waals surface area contributed by atoms with Crippen molar-refractivity contribution in [3.8, 4) is 6.07 Å². The molecule has 1 aromatic heterocycles. The monoisotopic (exact) mass is 543 g/mol. The van der Waals surface area contributed by atoms with Gasteiger partial charge in [0.2, 0.25) is 0 Å². The number of nitrogens with zero attached hydrogens (tertiary/aromatic N) is 4. The largest absolute Gasteiger partial charge is 0.395 e. The molecular weight excluding hydrogens is 509 g/mol. The summed E-state index contributed by atoms with van der Waals surface area (Å²) in [7, 11) is 0. The lowest BCUT2D eigenvalue weighted by atomic mass is 9.80. The third-order valence-corrected chi connectivity index (χ3v) is 8.47. The second kappa shape index (κ2) is 11.6. The number of aliphatic hydroxyl groups is 1. The number of rotatable bonds is 9. The highest BCUT2D eigenvalue weighted by Gasteiger charge is 2.58. The van der Waals surface area contributed by atoms with Crippen LogP contribution in [0.5, 0.6) is 0 Å². The predicted octanol–water partition coefficient (Wildman–Crippen LogP) is 5.70. The van der Waals surface area contributed by atoms with E-state index in [1.165, 1.54) is 5.56 Å². The average molecular weight is 545 g/mol. The van der Waals surface area contributed by atoms with Crippen LogP contribution in [0.15, 0.2) is 36.4 Å². The number of aliphatic hydroxyl groups excluding tert-OH is 1. The maximum atomic E-state index is 13.6. The summed E-state index contributed by atoms with van der Waals surface area (Å²) < 4.78 is 0. The number of carbonyl (C=O) groups is 1. The highest BCUT2D eigenvalue weighted by molar-refractivity contribution is 6.33. The Morgan fingerprint density at radius 3 is 2.59 bits per heavy atom. The molecule has 0 aliphatic heterocycles. The Bertz CT molecular complexity index is 1150. The molecule has 37 heavy (non-hydrogen) atoms. The molecule has 2 N–H and O–H groups in total. The number of halogens is 2. The van der Waals surface area contributed by atoms with E-state index in [2.05, 4.69) is 41.2 Å². The number of nitrogens with one attached hydrogen (secondary N) is 1. The number of anilines is 1. The summed E-state index contributed by atoms with van der Waals surface area (Å²) >= 11 is 12.1. The molecule has 198 valence electrons. The van der Waals surface area contributed by atoms with Gasteiger partial charge in [-0.05, 0) is 87.6 Å². The molecule has 0 bridgehead atoms. The van der Waals surface area contributed by atoms with E-state index in [4.69, 9.17) is 23.2 Å². The van der Waals surface area contributed by atoms with E-state index in [0.717, 1.165) is 25.7 Å². The molecule has 0 saturated heterocycles. The maximum absolute atomic E-state index is 13.6. The fourth-order valence-corrected chi connectivity index (χ4v) is 6.50. The molecule has 1 heterocycles. The second-order valence-corrected chi connectivity index (χ2v) is 11.4. The quantitative estimate of drug-likeness (QED) is 0.396. The normalized spacial score (nSPS) is 23.3.